The molecular weight excluding hydrogens is 338 g/mol. The van der Waals surface area contributed by atoms with E-state index in [-0.39, 0.29) is 0 Å². The third-order valence-corrected chi connectivity index (χ3v) is 4.48. The van der Waals surface area contributed by atoms with E-state index in [0.29, 0.717) is 19.0 Å². The van der Waals surface area contributed by atoms with Crippen molar-refractivity contribution < 1.29 is 5.11 Å². The van der Waals surface area contributed by atoms with Crippen LogP contribution in [-0.2, 0) is 12.1 Å². The van der Waals surface area contributed by atoms with Crippen molar-refractivity contribution in [3.05, 3.63) is 71.7 Å². The van der Waals surface area contributed by atoms with E-state index < -0.39 is 5.60 Å². The van der Waals surface area contributed by atoms with E-state index in [1.54, 1.807) is 6.92 Å². The first-order chi connectivity index (χ1) is 13.0. The predicted octanol–water partition coefficient (Wildman–Crippen LogP) is 2.61. The molecule has 0 aliphatic carbocycles. The van der Waals surface area contributed by atoms with E-state index in [1.807, 2.05) is 55.6 Å². The van der Waals surface area contributed by atoms with E-state index in [4.69, 9.17) is 0 Å². The molecule has 2 aromatic heterocycles. The second kappa shape index (κ2) is 8.22. The van der Waals surface area contributed by atoms with Crippen LogP contribution in [0.5, 0.6) is 0 Å². The van der Waals surface area contributed by atoms with Crippen LogP contribution in [0, 0.1) is 6.92 Å². The van der Waals surface area contributed by atoms with Gasteiger partial charge in [0.1, 0.15) is 11.2 Å². The van der Waals surface area contributed by atoms with Gasteiger partial charge in [0, 0.05) is 18.4 Å². The molecule has 0 saturated heterocycles. The highest BCUT2D eigenvalue weighted by Crippen LogP contribution is 2.18. The maximum Gasteiger partial charge on any atom is 0.191 e. The molecule has 0 bridgehead atoms. The van der Waals surface area contributed by atoms with Gasteiger partial charge in [0.15, 0.2) is 5.96 Å². The van der Waals surface area contributed by atoms with Gasteiger partial charge in [0.2, 0.25) is 0 Å². The molecule has 1 aromatic carbocycles. The van der Waals surface area contributed by atoms with Crippen molar-refractivity contribution in [2.75, 3.05) is 13.1 Å². The molecule has 0 radical (unpaired) electrons. The number of aromatic nitrogens is 2. The summed E-state index contributed by atoms with van der Waals surface area (Å²) >= 11 is 0. The first-order valence-corrected chi connectivity index (χ1v) is 9.23. The Hall–Kier alpha value is -2.86. The van der Waals surface area contributed by atoms with Crippen molar-refractivity contribution in [2.24, 2.45) is 4.99 Å². The molecule has 0 spiro atoms. The Labute approximate surface area is 160 Å². The number of guanidine groups is 1. The van der Waals surface area contributed by atoms with E-state index >= 15 is 0 Å². The van der Waals surface area contributed by atoms with Crippen LogP contribution in [0.25, 0.3) is 5.65 Å². The van der Waals surface area contributed by atoms with Crippen LogP contribution in [0.3, 0.4) is 0 Å². The summed E-state index contributed by atoms with van der Waals surface area (Å²) < 4.78 is 2.06. The number of aliphatic hydroxyl groups is 1. The highest BCUT2D eigenvalue weighted by atomic mass is 16.3. The summed E-state index contributed by atoms with van der Waals surface area (Å²) in [6, 6.07) is 15.7. The largest absolute Gasteiger partial charge is 0.384 e. The third kappa shape index (κ3) is 4.65. The number of aliphatic imine (C=N–C) groups is 1. The normalized spacial score (nSPS) is 14.1. The molecule has 27 heavy (non-hydrogen) atoms. The summed E-state index contributed by atoms with van der Waals surface area (Å²) in [7, 11) is 0. The third-order valence-electron chi connectivity index (χ3n) is 4.48. The molecule has 0 amide bonds. The van der Waals surface area contributed by atoms with Gasteiger partial charge in [-0.05, 0) is 38.5 Å². The monoisotopic (exact) mass is 365 g/mol. The number of nitrogens with one attached hydrogen (secondary N) is 2. The summed E-state index contributed by atoms with van der Waals surface area (Å²) in [5, 5.41) is 17.2. The zero-order valence-corrected chi connectivity index (χ0v) is 16.1. The highest BCUT2D eigenvalue weighted by molar-refractivity contribution is 5.79. The molecule has 2 heterocycles. The smallest absolute Gasteiger partial charge is 0.191 e. The molecule has 1 unspecified atom stereocenters. The lowest BCUT2D eigenvalue weighted by Gasteiger charge is -2.25. The minimum absolute atomic E-state index is 0.354. The molecule has 0 aliphatic rings. The SMILES string of the molecule is CCNC(=NCc1cn2c(C)cccc2n1)NCC(C)(O)c1ccccc1. The van der Waals surface area contributed by atoms with Crippen LogP contribution in [-0.4, -0.2) is 33.5 Å². The number of rotatable bonds is 6. The second-order valence-electron chi connectivity index (χ2n) is 6.82. The quantitative estimate of drug-likeness (QED) is 0.464. The number of fused-ring (bicyclic) bond motifs is 1. The molecule has 1 atom stereocenters. The van der Waals surface area contributed by atoms with Crippen LogP contribution >= 0.6 is 0 Å². The first kappa shape index (κ1) is 18.9. The lowest BCUT2D eigenvalue weighted by Crippen LogP contribution is -2.44. The number of hydrogen-bond donors (Lipinski definition) is 3. The number of aryl methyl sites for hydroxylation is 1. The van der Waals surface area contributed by atoms with Gasteiger partial charge in [-0.3, -0.25) is 0 Å². The van der Waals surface area contributed by atoms with Gasteiger partial charge in [-0.15, -0.1) is 0 Å². The Morgan fingerprint density at radius 3 is 2.63 bits per heavy atom. The van der Waals surface area contributed by atoms with Gasteiger partial charge in [0.05, 0.1) is 18.8 Å². The van der Waals surface area contributed by atoms with Crippen molar-refractivity contribution in [1.82, 2.24) is 20.0 Å². The summed E-state index contributed by atoms with van der Waals surface area (Å²) in [5.74, 6) is 0.655. The molecule has 0 fully saturated rings. The fraction of sp³-hybridized carbons (Fsp3) is 0.333. The molecular formula is C21H27N5O. The van der Waals surface area contributed by atoms with Gasteiger partial charge >= 0.3 is 0 Å². The minimum Gasteiger partial charge on any atom is -0.384 e. The summed E-state index contributed by atoms with van der Waals surface area (Å²) in [6.45, 7) is 7.42. The van der Waals surface area contributed by atoms with Crippen LogP contribution in [0.15, 0.2) is 59.7 Å². The Bertz CT molecular complexity index is 915. The van der Waals surface area contributed by atoms with Gasteiger partial charge < -0.3 is 20.1 Å². The standard InChI is InChI=1S/C21H27N5O/c1-4-22-20(24-15-21(3,27)17-10-6-5-7-11-17)23-13-18-14-26-16(2)9-8-12-19(26)25-18/h5-12,14,27H,4,13,15H2,1-3H3,(H2,22,23,24). The first-order valence-electron chi connectivity index (χ1n) is 9.23. The Kier molecular flexibility index (Phi) is 5.76. The molecule has 3 N–H and O–H groups in total. The van der Waals surface area contributed by atoms with Crippen molar-refractivity contribution in [1.29, 1.82) is 0 Å². The number of imidazole rings is 1. The molecule has 0 saturated carbocycles. The lowest BCUT2D eigenvalue weighted by molar-refractivity contribution is 0.0617. The van der Waals surface area contributed by atoms with Crippen molar-refractivity contribution in [3.8, 4) is 0 Å². The molecule has 142 valence electrons. The summed E-state index contributed by atoms with van der Waals surface area (Å²) in [6.07, 6.45) is 2.01. The predicted molar refractivity (Wildman–Crippen MR) is 109 cm³/mol. The van der Waals surface area contributed by atoms with Gasteiger partial charge in [-0.1, -0.05) is 36.4 Å². The fourth-order valence-corrected chi connectivity index (χ4v) is 2.93. The van der Waals surface area contributed by atoms with Crippen LogP contribution < -0.4 is 10.6 Å². The Morgan fingerprint density at radius 2 is 1.93 bits per heavy atom. The minimum atomic E-state index is -0.988. The summed E-state index contributed by atoms with van der Waals surface area (Å²) in [5.41, 5.74) is 2.84. The van der Waals surface area contributed by atoms with E-state index in [1.165, 1.54) is 0 Å². The van der Waals surface area contributed by atoms with E-state index in [0.717, 1.165) is 29.1 Å². The van der Waals surface area contributed by atoms with Crippen molar-refractivity contribution >= 4 is 11.6 Å². The van der Waals surface area contributed by atoms with Crippen LogP contribution in [0.4, 0.5) is 0 Å². The topological polar surface area (TPSA) is 74.0 Å². The number of nitrogens with zero attached hydrogens (tertiary/aromatic N) is 3. The van der Waals surface area contributed by atoms with Gasteiger partial charge in [0.25, 0.3) is 0 Å². The van der Waals surface area contributed by atoms with Crippen LogP contribution in [0.1, 0.15) is 30.8 Å². The Balaban J connectivity index is 1.69. The van der Waals surface area contributed by atoms with Crippen molar-refractivity contribution in [3.63, 3.8) is 0 Å². The fourth-order valence-electron chi connectivity index (χ4n) is 2.93. The molecule has 6 heteroatoms. The molecule has 3 aromatic rings. The lowest BCUT2D eigenvalue weighted by atomic mass is 9.96. The zero-order chi connectivity index (χ0) is 19.3. The maximum atomic E-state index is 10.8. The zero-order valence-electron chi connectivity index (χ0n) is 16.1. The number of benzene rings is 1. The maximum absolute atomic E-state index is 10.8. The van der Waals surface area contributed by atoms with Gasteiger partial charge in [-0.2, -0.15) is 0 Å². The highest BCUT2D eigenvalue weighted by Gasteiger charge is 2.22. The summed E-state index contributed by atoms with van der Waals surface area (Å²) in [4.78, 5) is 9.23. The van der Waals surface area contributed by atoms with Crippen LogP contribution in [0.2, 0.25) is 0 Å². The average Bonchev–Trinajstić information content (AvgIpc) is 3.09. The molecule has 6 nitrogen and oxygen atoms in total. The molecule has 3 rings (SSSR count). The Morgan fingerprint density at radius 1 is 1.15 bits per heavy atom. The second-order valence-corrected chi connectivity index (χ2v) is 6.82. The van der Waals surface area contributed by atoms with Gasteiger partial charge in [-0.25, -0.2) is 9.98 Å². The van der Waals surface area contributed by atoms with E-state index in [2.05, 4.69) is 38.0 Å². The average molecular weight is 365 g/mol. The molecule has 0 aliphatic heterocycles. The number of pyridine rings is 1. The number of hydrogen-bond acceptors (Lipinski definition) is 3. The van der Waals surface area contributed by atoms with E-state index in [9.17, 15) is 5.11 Å². The van der Waals surface area contributed by atoms with Crippen molar-refractivity contribution in [2.45, 2.75) is 32.9 Å².